The third kappa shape index (κ3) is 6.80. The Hall–Kier alpha value is -0.330. The molecule has 0 saturated heterocycles. The maximum absolute atomic E-state index is 11.8. The molecule has 0 aliphatic heterocycles. The maximum Gasteiger partial charge on any atom is 0.401 e. The minimum atomic E-state index is -4.18. The summed E-state index contributed by atoms with van der Waals surface area (Å²) in [6.45, 7) is -0.948. The van der Waals surface area contributed by atoms with E-state index in [1.807, 2.05) is 0 Å². The van der Waals surface area contributed by atoms with Crippen molar-refractivity contribution in [2.75, 3.05) is 33.8 Å². The minimum absolute atomic E-state index is 0.168. The van der Waals surface area contributed by atoms with Crippen LogP contribution in [0.15, 0.2) is 0 Å². The van der Waals surface area contributed by atoms with Crippen LogP contribution in [0, 0.1) is 0 Å². The van der Waals surface area contributed by atoms with Gasteiger partial charge in [-0.3, -0.25) is 4.90 Å². The van der Waals surface area contributed by atoms with Gasteiger partial charge in [0.05, 0.1) is 13.2 Å². The lowest BCUT2D eigenvalue weighted by molar-refractivity contribution is -0.143. The summed E-state index contributed by atoms with van der Waals surface area (Å²) in [5.41, 5.74) is 0. The molecule has 0 aromatic carbocycles. The molecule has 0 aromatic rings. The largest absolute Gasteiger partial charge is 0.401 e. The van der Waals surface area contributed by atoms with E-state index in [1.54, 1.807) is 7.05 Å². The predicted octanol–water partition coefficient (Wildman–Crippen LogP) is 0.0608. The molecule has 0 amide bonds. The third-order valence-corrected chi connectivity index (χ3v) is 1.61. The fourth-order valence-electron chi connectivity index (χ4n) is 0.987. The summed E-state index contributed by atoms with van der Waals surface area (Å²) in [4.78, 5) is 1.12. The standard InChI is InChI=1S/C7H15F3N2O/c1-11-6(4-13)3-12(2)5-7(8,9)10/h6,11,13H,3-5H2,1-2H3. The van der Waals surface area contributed by atoms with Crippen molar-refractivity contribution in [3.63, 3.8) is 0 Å². The molecule has 0 aromatic heterocycles. The van der Waals surface area contributed by atoms with Crippen molar-refractivity contribution in [2.45, 2.75) is 12.2 Å². The van der Waals surface area contributed by atoms with E-state index in [1.165, 1.54) is 7.05 Å². The van der Waals surface area contributed by atoms with Gasteiger partial charge in [-0.1, -0.05) is 0 Å². The van der Waals surface area contributed by atoms with Gasteiger partial charge in [-0.05, 0) is 14.1 Å². The van der Waals surface area contributed by atoms with Crippen LogP contribution in [0.2, 0.25) is 0 Å². The first-order valence-corrected chi connectivity index (χ1v) is 3.92. The molecule has 3 nitrogen and oxygen atoms in total. The molecular weight excluding hydrogens is 185 g/mol. The fraction of sp³-hybridized carbons (Fsp3) is 1.00. The molecule has 1 unspecified atom stereocenters. The van der Waals surface area contributed by atoms with E-state index in [0.29, 0.717) is 0 Å². The van der Waals surface area contributed by atoms with E-state index in [4.69, 9.17) is 5.11 Å². The molecule has 1 atom stereocenters. The monoisotopic (exact) mass is 200 g/mol. The molecule has 0 aliphatic rings. The highest BCUT2D eigenvalue weighted by molar-refractivity contribution is 4.69. The molecule has 80 valence electrons. The Morgan fingerprint density at radius 1 is 1.46 bits per heavy atom. The summed E-state index contributed by atoms with van der Waals surface area (Å²) in [6, 6.07) is -0.313. The van der Waals surface area contributed by atoms with Crippen LogP contribution >= 0.6 is 0 Å². The van der Waals surface area contributed by atoms with E-state index in [0.717, 1.165) is 4.90 Å². The Morgan fingerprint density at radius 3 is 2.31 bits per heavy atom. The molecule has 0 radical (unpaired) electrons. The van der Waals surface area contributed by atoms with Crippen LogP contribution < -0.4 is 5.32 Å². The summed E-state index contributed by atoms with van der Waals surface area (Å²) in [7, 11) is 2.97. The smallest absolute Gasteiger partial charge is 0.395 e. The van der Waals surface area contributed by atoms with Gasteiger partial charge in [0.15, 0.2) is 0 Å². The van der Waals surface area contributed by atoms with E-state index in [2.05, 4.69) is 5.32 Å². The molecule has 6 heteroatoms. The number of likely N-dealkylation sites (N-methyl/N-ethyl adjacent to an activating group) is 2. The first kappa shape index (κ1) is 12.7. The first-order chi connectivity index (χ1) is 5.89. The summed E-state index contributed by atoms with van der Waals surface area (Å²) in [6.07, 6.45) is -4.18. The van der Waals surface area contributed by atoms with Gasteiger partial charge >= 0.3 is 6.18 Å². The van der Waals surface area contributed by atoms with Crippen molar-refractivity contribution in [3.05, 3.63) is 0 Å². The second kappa shape index (κ2) is 5.41. The van der Waals surface area contributed by atoms with Crippen LogP contribution in [-0.4, -0.2) is 56.0 Å². The molecule has 2 N–H and O–H groups in total. The molecule has 0 aliphatic carbocycles. The summed E-state index contributed by atoms with van der Waals surface area (Å²) >= 11 is 0. The zero-order chi connectivity index (χ0) is 10.5. The van der Waals surface area contributed by atoms with Gasteiger partial charge in [0.2, 0.25) is 0 Å². The summed E-state index contributed by atoms with van der Waals surface area (Å²) in [5, 5.41) is 11.4. The first-order valence-electron chi connectivity index (χ1n) is 3.92. The van der Waals surface area contributed by atoms with Crippen LogP contribution in [-0.2, 0) is 0 Å². The average Bonchev–Trinajstić information content (AvgIpc) is 1.96. The Morgan fingerprint density at radius 2 is 2.00 bits per heavy atom. The third-order valence-electron chi connectivity index (χ3n) is 1.61. The SMILES string of the molecule is CNC(CO)CN(C)CC(F)(F)F. The van der Waals surface area contributed by atoms with Gasteiger partial charge in [-0.25, -0.2) is 0 Å². The Labute approximate surface area is 75.5 Å². The quantitative estimate of drug-likeness (QED) is 0.658. The van der Waals surface area contributed by atoms with Gasteiger partial charge in [0, 0.05) is 12.6 Å². The molecule has 0 heterocycles. The maximum atomic E-state index is 11.8. The number of rotatable bonds is 5. The molecule has 13 heavy (non-hydrogen) atoms. The van der Waals surface area contributed by atoms with Crippen molar-refractivity contribution >= 4 is 0 Å². The topological polar surface area (TPSA) is 35.5 Å². The van der Waals surface area contributed by atoms with E-state index in [9.17, 15) is 13.2 Å². The van der Waals surface area contributed by atoms with Crippen molar-refractivity contribution in [1.82, 2.24) is 10.2 Å². The number of hydrogen-bond donors (Lipinski definition) is 2. The van der Waals surface area contributed by atoms with Gasteiger partial charge in [-0.15, -0.1) is 0 Å². The second-order valence-corrected chi connectivity index (χ2v) is 2.98. The lowest BCUT2D eigenvalue weighted by Gasteiger charge is -2.23. The van der Waals surface area contributed by atoms with Crippen LogP contribution in [0.25, 0.3) is 0 Å². The van der Waals surface area contributed by atoms with Gasteiger partial charge in [0.25, 0.3) is 0 Å². The van der Waals surface area contributed by atoms with Crippen LogP contribution in [0.5, 0.6) is 0 Å². The number of nitrogens with one attached hydrogen (secondary N) is 1. The van der Waals surface area contributed by atoms with E-state index < -0.39 is 12.7 Å². The number of alkyl halides is 3. The number of nitrogens with zero attached hydrogens (tertiary/aromatic N) is 1. The number of aliphatic hydroxyl groups is 1. The molecule has 0 spiro atoms. The molecule has 0 fully saturated rings. The van der Waals surface area contributed by atoms with Crippen molar-refractivity contribution < 1.29 is 18.3 Å². The van der Waals surface area contributed by atoms with Crippen molar-refractivity contribution in [2.24, 2.45) is 0 Å². The Balaban J connectivity index is 3.79. The Bertz CT molecular complexity index is 136. The lowest BCUT2D eigenvalue weighted by Crippen LogP contribution is -2.43. The second-order valence-electron chi connectivity index (χ2n) is 2.98. The molecule has 0 saturated carbocycles. The zero-order valence-corrected chi connectivity index (χ0v) is 7.73. The summed E-state index contributed by atoms with van der Waals surface area (Å²) < 4.78 is 35.5. The predicted molar refractivity (Wildman–Crippen MR) is 43.5 cm³/mol. The molecule has 0 rings (SSSR count). The molecular formula is C7H15F3N2O. The average molecular weight is 200 g/mol. The van der Waals surface area contributed by atoms with Crippen LogP contribution in [0.3, 0.4) is 0 Å². The molecule has 0 bridgehead atoms. The highest BCUT2D eigenvalue weighted by Gasteiger charge is 2.29. The van der Waals surface area contributed by atoms with Crippen molar-refractivity contribution in [3.8, 4) is 0 Å². The zero-order valence-electron chi connectivity index (χ0n) is 7.73. The van der Waals surface area contributed by atoms with Crippen LogP contribution in [0.1, 0.15) is 0 Å². The van der Waals surface area contributed by atoms with Crippen LogP contribution in [0.4, 0.5) is 13.2 Å². The fourth-order valence-corrected chi connectivity index (χ4v) is 0.987. The normalized spacial score (nSPS) is 15.0. The highest BCUT2D eigenvalue weighted by atomic mass is 19.4. The Kier molecular flexibility index (Phi) is 5.27. The van der Waals surface area contributed by atoms with Gasteiger partial charge in [-0.2, -0.15) is 13.2 Å². The number of halogens is 3. The number of aliphatic hydroxyl groups excluding tert-OH is 1. The lowest BCUT2D eigenvalue weighted by atomic mass is 10.3. The number of hydrogen-bond acceptors (Lipinski definition) is 3. The highest BCUT2D eigenvalue weighted by Crippen LogP contribution is 2.15. The van der Waals surface area contributed by atoms with Gasteiger partial charge in [0.1, 0.15) is 0 Å². The van der Waals surface area contributed by atoms with Crippen molar-refractivity contribution in [1.29, 1.82) is 0 Å². The van der Waals surface area contributed by atoms with E-state index >= 15 is 0 Å². The minimum Gasteiger partial charge on any atom is -0.395 e. The van der Waals surface area contributed by atoms with E-state index in [-0.39, 0.29) is 19.2 Å². The summed E-state index contributed by atoms with van der Waals surface area (Å²) in [5.74, 6) is 0. The van der Waals surface area contributed by atoms with Gasteiger partial charge < -0.3 is 10.4 Å².